The Morgan fingerprint density at radius 1 is 1.23 bits per heavy atom. The molecule has 0 aliphatic heterocycles. The van der Waals surface area contributed by atoms with Gasteiger partial charge in [0, 0.05) is 31.5 Å². The summed E-state index contributed by atoms with van der Waals surface area (Å²) in [6.45, 7) is 2.02. The van der Waals surface area contributed by atoms with Gasteiger partial charge in [0.15, 0.2) is 0 Å². The number of aryl methyl sites for hydroxylation is 1. The van der Waals surface area contributed by atoms with Crippen LogP contribution in [0, 0.1) is 0 Å². The fourth-order valence-electron chi connectivity index (χ4n) is 2.26. The monoisotopic (exact) mass is 319 g/mol. The van der Waals surface area contributed by atoms with Crippen molar-refractivity contribution in [3.8, 4) is 0 Å². The molecule has 0 aliphatic rings. The number of carbonyl (C=O) groups is 1. The van der Waals surface area contributed by atoms with Crippen LogP contribution in [-0.4, -0.2) is 22.8 Å². The Morgan fingerprint density at radius 2 is 1.86 bits per heavy atom. The standard InChI is InChI=1S/C17H21N3O.ClH/c1-13(14-9-11-19-12-10-14)20(2)17(21)8-7-15-5-3-4-6-16(15)18;/h3-6,9-13H,7-8,18H2,1-2H3;1H. The Labute approximate surface area is 137 Å². The lowest BCUT2D eigenvalue weighted by Crippen LogP contribution is -2.29. The third-order valence-corrected chi connectivity index (χ3v) is 3.83. The molecule has 5 heteroatoms. The smallest absolute Gasteiger partial charge is 0.223 e. The zero-order valence-electron chi connectivity index (χ0n) is 12.9. The number of nitrogen functional groups attached to an aromatic ring is 1. The minimum atomic E-state index is 0. The number of halogens is 1. The number of pyridine rings is 1. The van der Waals surface area contributed by atoms with Gasteiger partial charge < -0.3 is 10.6 Å². The third-order valence-electron chi connectivity index (χ3n) is 3.83. The molecular formula is C17H22ClN3O. The summed E-state index contributed by atoms with van der Waals surface area (Å²) >= 11 is 0. The van der Waals surface area contributed by atoms with E-state index in [2.05, 4.69) is 4.98 Å². The van der Waals surface area contributed by atoms with Crippen LogP contribution in [0.3, 0.4) is 0 Å². The van der Waals surface area contributed by atoms with Gasteiger partial charge in [-0.25, -0.2) is 0 Å². The number of aromatic nitrogens is 1. The number of para-hydroxylation sites is 1. The van der Waals surface area contributed by atoms with Crippen molar-refractivity contribution in [2.45, 2.75) is 25.8 Å². The maximum absolute atomic E-state index is 12.3. The van der Waals surface area contributed by atoms with Crippen molar-refractivity contribution >= 4 is 24.0 Å². The van der Waals surface area contributed by atoms with Gasteiger partial charge in [0.1, 0.15) is 0 Å². The van der Waals surface area contributed by atoms with Gasteiger partial charge in [0.2, 0.25) is 5.91 Å². The van der Waals surface area contributed by atoms with Gasteiger partial charge >= 0.3 is 0 Å². The van der Waals surface area contributed by atoms with Crippen molar-refractivity contribution in [1.29, 1.82) is 0 Å². The van der Waals surface area contributed by atoms with Crippen LogP contribution in [0.2, 0.25) is 0 Å². The second-order valence-corrected chi connectivity index (χ2v) is 5.16. The molecule has 0 saturated carbocycles. The molecule has 2 aromatic rings. The fourth-order valence-corrected chi connectivity index (χ4v) is 2.26. The highest BCUT2D eigenvalue weighted by molar-refractivity contribution is 5.85. The van der Waals surface area contributed by atoms with Crippen LogP contribution in [0.4, 0.5) is 5.69 Å². The normalized spacial score (nSPS) is 11.4. The second-order valence-electron chi connectivity index (χ2n) is 5.16. The van der Waals surface area contributed by atoms with E-state index < -0.39 is 0 Å². The number of hydrogen-bond donors (Lipinski definition) is 1. The molecule has 4 nitrogen and oxygen atoms in total. The van der Waals surface area contributed by atoms with Crippen LogP contribution in [0.15, 0.2) is 48.8 Å². The van der Waals surface area contributed by atoms with Crippen molar-refractivity contribution in [3.05, 3.63) is 59.9 Å². The number of benzene rings is 1. The average Bonchev–Trinajstić information content (AvgIpc) is 2.53. The first-order valence-electron chi connectivity index (χ1n) is 7.08. The van der Waals surface area contributed by atoms with Crippen molar-refractivity contribution in [1.82, 2.24) is 9.88 Å². The molecule has 1 aromatic carbocycles. The summed E-state index contributed by atoms with van der Waals surface area (Å²) in [5.74, 6) is 0.113. The lowest BCUT2D eigenvalue weighted by Gasteiger charge is -2.25. The molecule has 22 heavy (non-hydrogen) atoms. The van der Waals surface area contributed by atoms with Gasteiger partial charge in [-0.3, -0.25) is 9.78 Å². The highest BCUT2D eigenvalue weighted by atomic mass is 35.5. The number of carbonyl (C=O) groups excluding carboxylic acids is 1. The highest BCUT2D eigenvalue weighted by Gasteiger charge is 2.17. The van der Waals surface area contributed by atoms with Gasteiger partial charge in [-0.05, 0) is 42.7 Å². The van der Waals surface area contributed by atoms with Gasteiger partial charge in [0.05, 0.1) is 6.04 Å². The number of anilines is 1. The first kappa shape index (κ1) is 18.0. The molecule has 0 radical (unpaired) electrons. The van der Waals surface area contributed by atoms with Crippen LogP contribution in [-0.2, 0) is 11.2 Å². The van der Waals surface area contributed by atoms with Crippen LogP contribution in [0.1, 0.15) is 30.5 Å². The van der Waals surface area contributed by atoms with Crippen LogP contribution in [0.5, 0.6) is 0 Å². The zero-order chi connectivity index (χ0) is 15.2. The number of nitrogens with two attached hydrogens (primary N) is 1. The van der Waals surface area contributed by atoms with E-state index in [9.17, 15) is 4.79 Å². The largest absolute Gasteiger partial charge is 0.399 e. The minimum Gasteiger partial charge on any atom is -0.399 e. The topological polar surface area (TPSA) is 59.2 Å². The minimum absolute atomic E-state index is 0. The summed E-state index contributed by atoms with van der Waals surface area (Å²) in [7, 11) is 1.84. The third kappa shape index (κ3) is 4.46. The summed E-state index contributed by atoms with van der Waals surface area (Å²) in [6.07, 6.45) is 4.61. The van der Waals surface area contributed by atoms with Crippen molar-refractivity contribution < 1.29 is 4.79 Å². The number of hydrogen-bond acceptors (Lipinski definition) is 3. The number of amides is 1. The molecule has 0 bridgehead atoms. The van der Waals surface area contributed by atoms with Crippen LogP contribution >= 0.6 is 12.4 Å². The maximum Gasteiger partial charge on any atom is 0.223 e. The molecule has 0 fully saturated rings. The lowest BCUT2D eigenvalue weighted by molar-refractivity contribution is -0.131. The van der Waals surface area contributed by atoms with Gasteiger partial charge in [-0.15, -0.1) is 12.4 Å². The Hall–Kier alpha value is -2.07. The average molecular weight is 320 g/mol. The van der Waals surface area contributed by atoms with Crippen LogP contribution in [0.25, 0.3) is 0 Å². The molecular weight excluding hydrogens is 298 g/mol. The maximum atomic E-state index is 12.3. The number of nitrogens with zero attached hydrogens (tertiary/aromatic N) is 2. The van der Waals surface area contributed by atoms with Crippen LogP contribution < -0.4 is 5.73 Å². The Morgan fingerprint density at radius 3 is 2.50 bits per heavy atom. The number of rotatable bonds is 5. The van der Waals surface area contributed by atoms with Gasteiger partial charge in [0.25, 0.3) is 0 Å². The summed E-state index contributed by atoms with van der Waals surface area (Å²) in [5, 5.41) is 0. The summed E-state index contributed by atoms with van der Waals surface area (Å²) in [6, 6.07) is 11.6. The molecule has 0 spiro atoms. The van der Waals surface area contributed by atoms with Crippen molar-refractivity contribution in [2.24, 2.45) is 0 Å². The van der Waals surface area contributed by atoms with E-state index in [1.807, 2.05) is 50.4 Å². The molecule has 0 saturated heterocycles. The molecule has 1 unspecified atom stereocenters. The fraction of sp³-hybridized carbons (Fsp3) is 0.294. The second kappa shape index (κ2) is 8.39. The van der Waals surface area contributed by atoms with Gasteiger partial charge in [-0.2, -0.15) is 0 Å². The van der Waals surface area contributed by atoms with Crippen molar-refractivity contribution in [3.63, 3.8) is 0 Å². The molecule has 2 N–H and O–H groups in total. The molecule has 2 rings (SSSR count). The predicted molar refractivity (Wildman–Crippen MR) is 91.8 cm³/mol. The van der Waals surface area contributed by atoms with E-state index in [1.54, 1.807) is 17.3 Å². The quantitative estimate of drug-likeness (QED) is 0.861. The molecule has 0 aliphatic carbocycles. The molecule has 1 aromatic heterocycles. The first-order valence-corrected chi connectivity index (χ1v) is 7.08. The molecule has 1 atom stereocenters. The van der Waals surface area contributed by atoms with E-state index in [4.69, 9.17) is 5.73 Å². The van der Waals surface area contributed by atoms with E-state index in [-0.39, 0.29) is 24.4 Å². The Kier molecular flexibility index (Phi) is 6.86. The first-order chi connectivity index (χ1) is 10.1. The summed E-state index contributed by atoms with van der Waals surface area (Å²) in [5.41, 5.74) is 8.75. The summed E-state index contributed by atoms with van der Waals surface area (Å²) in [4.78, 5) is 18.1. The molecule has 118 valence electrons. The zero-order valence-corrected chi connectivity index (χ0v) is 13.7. The summed E-state index contributed by atoms with van der Waals surface area (Å²) < 4.78 is 0. The van der Waals surface area contributed by atoms with E-state index in [1.165, 1.54) is 0 Å². The molecule has 1 heterocycles. The Bertz CT molecular complexity index is 604. The predicted octanol–water partition coefficient (Wildman–Crippen LogP) is 3.24. The van der Waals surface area contributed by atoms with Gasteiger partial charge in [-0.1, -0.05) is 18.2 Å². The van der Waals surface area contributed by atoms with E-state index in [0.717, 1.165) is 16.8 Å². The SMILES string of the molecule is CC(c1ccncc1)N(C)C(=O)CCc1ccccc1N.Cl. The molecule has 1 amide bonds. The van der Waals surface area contributed by atoms with E-state index >= 15 is 0 Å². The Balaban J connectivity index is 0.00000242. The van der Waals surface area contributed by atoms with E-state index in [0.29, 0.717) is 12.8 Å². The lowest BCUT2D eigenvalue weighted by atomic mass is 10.1. The van der Waals surface area contributed by atoms with Crippen molar-refractivity contribution in [2.75, 3.05) is 12.8 Å². The highest BCUT2D eigenvalue weighted by Crippen LogP contribution is 2.19.